The Morgan fingerprint density at radius 1 is 1.28 bits per heavy atom. The number of aryl methyl sites for hydroxylation is 1. The standard InChI is InChI=1S/C17H14Cl2N4O2/c1-11-9-12(4-5-13(11)18)25-10-23-8-6-15(22-23)17(24)21-14-3-2-7-20-16(14)19/h2-9H,10H2,1H3,(H,21,24). The number of carbonyl (C=O) groups is 1. The molecule has 0 aliphatic carbocycles. The molecular formula is C17H14Cl2N4O2. The number of amides is 1. The van der Waals surface area contributed by atoms with Gasteiger partial charge in [0, 0.05) is 17.4 Å². The van der Waals surface area contributed by atoms with E-state index in [1.54, 1.807) is 42.7 Å². The topological polar surface area (TPSA) is 69.0 Å². The fourth-order valence-electron chi connectivity index (χ4n) is 2.07. The van der Waals surface area contributed by atoms with Gasteiger partial charge in [-0.2, -0.15) is 5.10 Å². The molecule has 1 amide bonds. The van der Waals surface area contributed by atoms with E-state index in [0.717, 1.165) is 5.56 Å². The minimum Gasteiger partial charge on any atom is -0.471 e. The lowest BCUT2D eigenvalue weighted by molar-refractivity contribution is 0.102. The van der Waals surface area contributed by atoms with Crippen molar-refractivity contribution in [3.05, 3.63) is 70.2 Å². The molecule has 0 saturated heterocycles. The molecule has 128 valence electrons. The number of benzene rings is 1. The molecule has 1 aromatic carbocycles. The summed E-state index contributed by atoms with van der Waals surface area (Å²) in [5.41, 5.74) is 1.60. The van der Waals surface area contributed by atoms with Crippen LogP contribution in [0.15, 0.2) is 48.8 Å². The van der Waals surface area contributed by atoms with Crippen LogP contribution in [0, 0.1) is 6.92 Å². The molecule has 3 aromatic rings. The van der Waals surface area contributed by atoms with Gasteiger partial charge in [0.2, 0.25) is 0 Å². The zero-order chi connectivity index (χ0) is 17.8. The molecule has 8 heteroatoms. The smallest absolute Gasteiger partial charge is 0.276 e. The number of hydrogen-bond donors (Lipinski definition) is 1. The van der Waals surface area contributed by atoms with Gasteiger partial charge in [0.05, 0.1) is 5.69 Å². The minimum atomic E-state index is -0.379. The Morgan fingerprint density at radius 3 is 2.88 bits per heavy atom. The van der Waals surface area contributed by atoms with Crippen LogP contribution >= 0.6 is 23.2 Å². The number of pyridine rings is 1. The predicted molar refractivity (Wildman–Crippen MR) is 96.2 cm³/mol. The summed E-state index contributed by atoms with van der Waals surface area (Å²) >= 11 is 11.9. The van der Waals surface area contributed by atoms with Crippen LogP contribution in [-0.4, -0.2) is 20.7 Å². The number of aromatic nitrogens is 3. The van der Waals surface area contributed by atoms with Crippen LogP contribution in [0.25, 0.3) is 0 Å². The van der Waals surface area contributed by atoms with Crippen molar-refractivity contribution in [2.75, 3.05) is 5.32 Å². The molecule has 6 nitrogen and oxygen atoms in total. The van der Waals surface area contributed by atoms with Gasteiger partial charge in [-0.15, -0.1) is 0 Å². The molecule has 0 spiro atoms. The minimum absolute atomic E-state index is 0.169. The van der Waals surface area contributed by atoms with Gasteiger partial charge >= 0.3 is 0 Å². The number of nitrogens with zero attached hydrogens (tertiary/aromatic N) is 3. The number of carbonyl (C=O) groups excluding carboxylic acids is 1. The highest BCUT2D eigenvalue weighted by Gasteiger charge is 2.12. The van der Waals surface area contributed by atoms with E-state index in [1.807, 2.05) is 13.0 Å². The van der Waals surface area contributed by atoms with E-state index in [9.17, 15) is 4.79 Å². The van der Waals surface area contributed by atoms with Crippen LogP contribution < -0.4 is 10.1 Å². The van der Waals surface area contributed by atoms with E-state index < -0.39 is 0 Å². The monoisotopic (exact) mass is 376 g/mol. The maximum atomic E-state index is 12.2. The van der Waals surface area contributed by atoms with Gasteiger partial charge in [0.25, 0.3) is 5.91 Å². The SMILES string of the molecule is Cc1cc(OCn2ccc(C(=O)Nc3cccnc3Cl)n2)ccc1Cl. The summed E-state index contributed by atoms with van der Waals surface area (Å²) < 4.78 is 7.15. The van der Waals surface area contributed by atoms with Crippen molar-refractivity contribution < 1.29 is 9.53 Å². The zero-order valence-corrected chi connectivity index (χ0v) is 14.8. The average Bonchev–Trinajstić information content (AvgIpc) is 3.07. The van der Waals surface area contributed by atoms with Gasteiger partial charge in [-0.05, 0) is 48.9 Å². The van der Waals surface area contributed by atoms with Crippen LogP contribution in [-0.2, 0) is 6.73 Å². The van der Waals surface area contributed by atoms with Crippen LogP contribution in [0.2, 0.25) is 10.2 Å². The second-order valence-corrected chi connectivity index (χ2v) is 5.99. The first-order valence-corrected chi connectivity index (χ1v) is 8.13. The number of halogens is 2. The molecule has 0 saturated carbocycles. The Hall–Kier alpha value is -2.57. The molecule has 1 N–H and O–H groups in total. The van der Waals surface area contributed by atoms with Crippen LogP contribution in [0.5, 0.6) is 5.75 Å². The summed E-state index contributed by atoms with van der Waals surface area (Å²) in [6.07, 6.45) is 3.20. The van der Waals surface area contributed by atoms with Crippen molar-refractivity contribution in [3.63, 3.8) is 0 Å². The third kappa shape index (κ3) is 4.29. The summed E-state index contributed by atoms with van der Waals surface area (Å²) in [6, 6.07) is 10.3. The van der Waals surface area contributed by atoms with Crippen molar-refractivity contribution >= 4 is 34.8 Å². The lowest BCUT2D eigenvalue weighted by Gasteiger charge is -2.08. The largest absolute Gasteiger partial charge is 0.471 e. The van der Waals surface area contributed by atoms with Crippen LogP contribution in [0.4, 0.5) is 5.69 Å². The molecule has 25 heavy (non-hydrogen) atoms. The highest BCUT2D eigenvalue weighted by molar-refractivity contribution is 6.32. The van der Waals surface area contributed by atoms with Crippen LogP contribution in [0.3, 0.4) is 0 Å². The molecule has 0 aliphatic rings. The molecule has 2 aromatic heterocycles. The first-order chi connectivity index (χ1) is 12.0. The van der Waals surface area contributed by atoms with E-state index in [2.05, 4.69) is 15.4 Å². The third-order valence-corrected chi connectivity index (χ3v) is 4.10. The van der Waals surface area contributed by atoms with E-state index in [4.69, 9.17) is 27.9 Å². The van der Waals surface area contributed by atoms with E-state index >= 15 is 0 Å². The van der Waals surface area contributed by atoms with Gasteiger partial charge in [0.15, 0.2) is 17.6 Å². The highest BCUT2D eigenvalue weighted by Crippen LogP contribution is 2.21. The Balaban J connectivity index is 1.62. The van der Waals surface area contributed by atoms with Gasteiger partial charge in [0.1, 0.15) is 5.75 Å². The molecule has 0 fully saturated rings. The molecule has 0 bridgehead atoms. The molecule has 0 radical (unpaired) electrons. The fraction of sp³-hybridized carbons (Fsp3) is 0.118. The molecule has 0 unspecified atom stereocenters. The summed E-state index contributed by atoms with van der Waals surface area (Å²) in [7, 11) is 0. The Bertz CT molecular complexity index is 911. The van der Waals surface area contributed by atoms with Crippen molar-refractivity contribution in [2.24, 2.45) is 0 Å². The van der Waals surface area contributed by atoms with Crippen molar-refractivity contribution in [1.82, 2.24) is 14.8 Å². The molecule has 3 rings (SSSR count). The van der Waals surface area contributed by atoms with E-state index in [-0.39, 0.29) is 23.5 Å². The Kier molecular flexibility index (Phi) is 5.21. The predicted octanol–water partition coefficient (Wildman–Crippen LogP) is 4.18. The lowest BCUT2D eigenvalue weighted by atomic mass is 10.2. The number of rotatable bonds is 5. The Morgan fingerprint density at radius 2 is 2.12 bits per heavy atom. The summed E-state index contributed by atoms with van der Waals surface area (Å²) in [6.45, 7) is 2.07. The number of nitrogens with one attached hydrogen (secondary N) is 1. The van der Waals surface area contributed by atoms with Gasteiger partial charge < -0.3 is 10.1 Å². The lowest BCUT2D eigenvalue weighted by Crippen LogP contribution is -2.14. The number of anilines is 1. The number of hydrogen-bond acceptors (Lipinski definition) is 4. The first kappa shape index (κ1) is 17.3. The van der Waals surface area contributed by atoms with E-state index in [0.29, 0.717) is 16.5 Å². The normalized spacial score (nSPS) is 10.5. The van der Waals surface area contributed by atoms with Gasteiger partial charge in [-0.1, -0.05) is 23.2 Å². The molecule has 0 aliphatic heterocycles. The van der Waals surface area contributed by atoms with Gasteiger partial charge in [-0.25, -0.2) is 9.67 Å². The second-order valence-electron chi connectivity index (χ2n) is 5.22. The third-order valence-electron chi connectivity index (χ3n) is 3.37. The second kappa shape index (κ2) is 7.55. The average molecular weight is 377 g/mol. The van der Waals surface area contributed by atoms with E-state index in [1.165, 1.54) is 4.68 Å². The first-order valence-electron chi connectivity index (χ1n) is 7.37. The molecule has 0 atom stereocenters. The fourth-order valence-corrected chi connectivity index (χ4v) is 2.35. The summed E-state index contributed by atoms with van der Waals surface area (Å²) in [5.74, 6) is 0.293. The maximum Gasteiger partial charge on any atom is 0.276 e. The molecular weight excluding hydrogens is 363 g/mol. The highest BCUT2D eigenvalue weighted by atomic mass is 35.5. The van der Waals surface area contributed by atoms with Crippen molar-refractivity contribution in [2.45, 2.75) is 13.7 Å². The Labute approximate surface area is 154 Å². The quantitative estimate of drug-likeness (QED) is 0.678. The summed E-state index contributed by atoms with van der Waals surface area (Å²) in [4.78, 5) is 16.1. The van der Waals surface area contributed by atoms with Crippen LogP contribution in [0.1, 0.15) is 16.1 Å². The van der Waals surface area contributed by atoms with Gasteiger partial charge in [-0.3, -0.25) is 4.79 Å². The summed E-state index contributed by atoms with van der Waals surface area (Å²) in [5, 5.41) is 7.74. The number of ether oxygens (including phenoxy) is 1. The maximum absolute atomic E-state index is 12.2. The zero-order valence-electron chi connectivity index (χ0n) is 13.2. The van der Waals surface area contributed by atoms with Crippen molar-refractivity contribution in [1.29, 1.82) is 0 Å². The van der Waals surface area contributed by atoms with Crippen molar-refractivity contribution in [3.8, 4) is 5.75 Å². The molecule has 2 heterocycles.